The van der Waals surface area contributed by atoms with Crippen LogP contribution in [0.3, 0.4) is 0 Å². The Morgan fingerprint density at radius 1 is 1.27 bits per heavy atom. The van der Waals surface area contributed by atoms with Crippen LogP contribution in [0.25, 0.3) is 0 Å². The molecule has 0 amide bonds. The number of hydrogen-bond donors (Lipinski definition) is 3. The predicted molar refractivity (Wildman–Crippen MR) is 108 cm³/mol. The van der Waals surface area contributed by atoms with Crippen molar-refractivity contribution in [2.45, 2.75) is 25.9 Å². The molecule has 1 atom stereocenters. The van der Waals surface area contributed by atoms with Crippen molar-refractivity contribution in [1.29, 1.82) is 0 Å². The summed E-state index contributed by atoms with van der Waals surface area (Å²) in [5, 5.41) is 16.5. The third kappa shape index (κ3) is 6.56. The normalized spacial score (nSPS) is 13.7. The van der Waals surface area contributed by atoms with E-state index < -0.39 is 17.2 Å². The molecule has 144 valence electrons. The molecule has 1 heterocycles. The highest BCUT2D eigenvalue weighted by molar-refractivity contribution is 14.0. The van der Waals surface area contributed by atoms with Crippen LogP contribution in [0.1, 0.15) is 25.2 Å². The Morgan fingerprint density at radius 2 is 2.04 bits per heavy atom. The van der Waals surface area contributed by atoms with Gasteiger partial charge in [0.1, 0.15) is 23.0 Å². The van der Waals surface area contributed by atoms with Crippen LogP contribution in [0.15, 0.2) is 46.0 Å². The van der Waals surface area contributed by atoms with Gasteiger partial charge in [-0.3, -0.25) is 0 Å². The van der Waals surface area contributed by atoms with Gasteiger partial charge in [-0.25, -0.2) is 13.8 Å². The van der Waals surface area contributed by atoms with Crippen molar-refractivity contribution in [3.8, 4) is 0 Å². The van der Waals surface area contributed by atoms with E-state index >= 15 is 0 Å². The van der Waals surface area contributed by atoms with Crippen LogP contribution < -0.4 is 10.6 Å². The van der Waals surface area contributed by atoms with Crippen molar-refractivity contribution in [2.24, 2.45) is 4.99 Å². The van der Waals surface area contributed by atoms with E-state index in [4.69, 9.17) is 4.42 Å². The molecule has 0 aliphatic carbocycles. The fourth-order valence-corrected chi connectivity index (χ4v) is 2.29. The number of aliphatic hydroxyl groups is 1. The maximum atomic E-state index is 13.6. The Kier molecular flexibility index (Phi) is 9.00. The largest absolute Gasteiger partial charge is 0.466 e. The minimum absolute atomic E-state index is 0. The zero-order valence-corrected chi connectivity index (χ0v) is 17.1. The van der Waals surface area contributed by atoms with Crippen molar-refractivity contribution in [2.75, 3.05) is 19.6 Å². The molecule has 0 saturated carbocycles. The van der Waals surface area contributed by atoms with Crippen LogP contribution in [0.2, 0.25) is 0 Å². The molecular weight excluding hydrogens is 455 g/mol. The van der Waals surface area contributed by atoms with Gasteiger partial charge in [-0.15, -0.1) is 24.0 Å². The molecule has 1 aromatic heterocycles. The molecule has 0 aliphatic heterocycles. The van der Waals surface area contributed by atoms with Crippen LogP contribution in [0.4, 0.5) is 8.78 Å². The standard InChI is InChI=1S/C18H23F2N3O2.HI/c1-3-21-17(23-12-18(2,24)16-5-4-10-25-16)22-9-8-13-11-14(19)6-7-15(13)20;/h4-7,10-11,24H,3,8-9,12H2,1-2H3,(H2,21,22,23);1H. The third-order valence-electron chi connectivity index (χ3n) is 3.64. The lowest BCUT2D eigenvalue weighted by molar-refractivity contribution is 0.0437. The minimum Gasteiger partial charge on any atom is -0.466 e. The van der Waals surface area contributed by atoms with Gasteiger partial charge < -0.3 is 20.2 Å². The molecule has 0 bridgehead atoms. The van der Waals surface area contributed by atoms with Crippen LogP contribution >= 0.6 is 24.0 Å². The molecule has 0 radical (unpaired) electrons. The molecule has 3 N–H and O–H groups in total. The van der Waals surface area contributed by atoms with Gasteiger partial charge in [-0.2, -0.15) is 0 Å². The maximum Gasteiger partial charge on any atom is 0.191 e. The Morgan fingerprint density at radius 3 is 2.69 bits per heavy atom. The number of hydrogen-bond acceptors (Lipinski definition) is 3. The number of halogens is 3. The van der Waals surface area contributed by atoms with Gasteiger partial charge in [-0.1, -0.05) is 0 Å². The van der Waals surface area contributed by atoms with Gasteiger partial charge in [0, 0.05) is 13.1 Å². The Labute approximate surface area is 168 Å². The molecule has 2 rings (SSSR count). The van der Waals surface area contributed by atoms with Gasteiger partial charge in [0.15, 0.2) is 5.96 Å². The Balaban J connectivity index is 0.00000338. The summed E-state index contributed by atoms with van der Waals surface area (Å²) in [4.78, 5) is 4.33. The molecule has 8 heteroatoms. The summed E-state index contributed by atoms with van der Waals surface area (Å²) in [6.45, 7) is 4.61. The summed E-state index contributed by atoms with van der Waals surface area (Å²) < 4.78 is 32.0. The second-order valence-corrected chi connectivity index (χ2v) is 5.86. The molecule has 5 nitrogen and oxygen atoms in total. The summed E-state index contributed by atoms with van der Waals surface area (Å²) in [6, 6.07) is 6.77. The minimum atomic E-state index is -1.24. The summed E-state index contributed by atoms with van der Waals surface area (Å²) in [6.07, 6.45) is 1.80. The predicted octanol–water partition coefficient (Wildman–Crippen LogP) is 3.18. The maximum absolute atomic E-state index is 13.6. The van der Waals surface area contributed by atoms with E-state index in [1.807, 2.05) is 6.92 Å². The number of rotatable bonds is 7. The van der Waals surface area contributed by atoms with E-state index in [0.717, 1.165) is 12.1 Å². The second kappa shape index (κ2) is 10.5. The first-order valence-corrected chi connectivity index (χ1v) is 8.15. The topological polar surface area (TPSA) is 69.8 Å². The Bertz CT molecular complexity index is 706. The fraction of sp³-hybridized carbons (Fsp3) is 0.389. The molecule has 0 aliphatic rings. The number of nitrogens with zero attached hydrogens (tertiary/aromatic N) is 1. The number of nitrogens with one attached hydrogen (secondary N) is 2. The van der Waals surface area contributed by atoms with E-state index in [1.165, 1.54) is 12.3 Å². The lowest BCUT2D eigenvalue weighted by Crippen LogP contribution is -2.39. The lowest BCUT2D eigenvalue weighted by Gasteiger charge is -2.19. The molecule has 26 heavy (non-hydrogen) atoms. The number of furan rings is 1. The van der Waals surface area contributed by atoms with Gasteiger partial charge in [0.25, 0.3) is 0 Å². The third-order valence-corrected chi connectivity index (χ3v) is 3.64. The van der Waals surface area contributed by atoms with Gasteiger partial charge >= 0.3 is 0 Å². The summed E-state index contributed by atoms with van der Waals surface area (Å²) >= 11 is 0. The average Bonchev–Trinajstić information content (AvgIpc) is 3.11. The van der Waals surface area contributed by atoms with Crippen molar-refractivity contribution in [1.82, 2.24) is 10.6 Å². The quantitative estimate of drug-likeness (QED) is 0.324. The Hall–Kier alpha value is -1.68. The number of aliphatic imine (C=N–C) groups is 1. The smallest absolute Gasteiger partial charge is 0.191 e. The molecular formula is C18H24F2IN3O2. The molecule has 0 saturated heterocycles. The average molecular weight is 479 g/mol. The first-order valence-electron chi connectivity index (χ1n) is 8.15. The van der Waals surface area contributed by atoms with Crippen molar-refractivity contribution in [3.63, 3.8) is 0 Å². The van der Waals surface area contributed by atoms with Crippen LogP contribution in [-0.2, 0) is 12.0 Å². The monoisotopic (exact) mass is 479 g/mol. The van der Waals surface area contributed by atoms with Crippen LogP contribution in [0.5, 0.6) is 0 Å². The van der Waals surface area contributed by atoms with E-state index in [-0.39, 0.29) is 30.5 Å². The molecule has 1 aromatic carbocycles. The lowest BCUT2D eigenvalue weighted by atomic mass is 10.0. The molecule has 1 unspecified atom stereocenters. The summed E-state index contributed by atoms with van der Waals surface area (Å²) in [5.74, 6) is -0.00238. The zero-order valence-electron chi connectivity index (χ0n) is 14.8. The SMILES string of the molecule is CCNC(=NCC(C)(O)c1ccco1)NCCc1cc(F)ccc1F.I. The van der Waals surface area contributed by atoms with Crippen molar-refractivity contribution >= 4 is 29.9 Å². The van der Waals surface area contributed by atoms with Crippen LogP contribution in [0, 0.1) is 11.6 Å². The summed E-state index contributed by atoms with van der Waals surface area (Å²) in [5.41, 5.74) is -0.938. The van der Waals surface area contributed by atoms with E-state index in [2.05, 4.69) is 15.6 Å². The highest BCUT2D eigenvalue weighted by atomic mass is 127. The van der Waals surface area contributed by atoms with Crippen molar-refractivity contribution in [3.05, 3.63) is 59.6 Å². The fourth-order valence-electron chi connectivity index (χ4n) is 2.29. The van der Waals surface area contributed by atoms with Gasteiger partial charge in [-0.05, 0) is 56.2 Å². The second-order valence-electron chi connectivity index (χ2n) is 5.86. The zero-order chi connectivity index (χ0) is 18.3. The van der Waals surface area contributed by atoms with Crippen molar-refractivity contribution < 1.29 is 18.3 Å². The molecule has 0 fully saturated rings. The first-order chi connectivity index (χ1) is 11.9. The van der Waals surface area contributed by atoms with Gasteiger partial charge in [0.05, 0.1) is 12.8 Å². The highest BCUT2D eigenvalue weighted by Crippen LogP contribution is 2.21. The molecule has 2 aromatic rings. The van der Waals surface area contributed by atoms with Crippen LogP contribution in [-0.4, -0.2) is 30.7 Å². The van der Waals surface area contributed by atoms with E-state index in [0.29, 0.717) is 36.8 Å². The van der Waals surface area contributed by atoms with E-state index in [9.17, 15) is 13.9 Å². The van der Waals surface area contributed by atoms with E-state index in [1.54, 1.807) is 19.1 Å². The number of guanidine groups is 1. The first kappa shape index (κ1) is 22.4. The number of benzene rings is 1. The summed E-state index contributed by atoms with van der Waals surface area (Å²) in [7, 11) is 0. The van der Waals surface area contributed by atoms with Gasteiger partial charge in [0.2, 0.25) is 0 Å². The molecule has 0 spiro atoms. The highest BCUT2D eigenvalue weighted by Gasteiger charge is 2.26.